The van der Waals surface area contributed by atoms with Gasteiger partial charge in [-0.25, -0.2) is 8.78 Å². The number of hydrogen-bond donors (Lipinski definition) is 1. The number of piperidine rings is 1. The van der Waals surface area contributed by atoms with Gasteiger partial charge in [0.1, 0.15) is 0 Å². The van der Waals surface area contributed by atoms with Gasteiger partial charge in [0.2, 0.25) is 0 Å². The molecule has 1 aliphatic heterocycles. The van der Waals surface area contributed by atoms with Gasteiger partial charge in [-0.05, 0) is 31.5 Å². The van der Waals surface area contributed by atoms with Crippen LogP contribution < -0.4 is 5.32 Å². The van der Waals surface area contributed by atoms with Crippen molar-refractivity contribution >= 4 is 5.78 Å². The molecule has 0 amide bonds. The Morgan fingerprint density at radius 3 is 2.88 bits per heavy atom. The SMILES string of the molecule is O=C(CC1CCCCN1)c1cccc(F)c1F. The summed E-state index contributed by atoms with van der Waals surface area (Å²) < 4.78 is 26.4. The summed E-state index contributed by atoms with van der Waals surface area (Å²) in [6, 6.07) is 3.81. The Balaban J connectivity index is 2.06. The lowest BCUT2D eigenvalue weighted by Gasteiger charge is -2.22. The van der Waals surface area contributed by atoms with Crippen LogP contribution in [-0.2, 0) is 0 Å². The van der Waals surface area contributed by atoms with Crippen LogP contribution in [0.2, 0.25) is 0 Å². The van der Waals surface area contributed by atoms with Crippen molar-refractivity contribution in [1.82, 2.24) is 5.32 Å². The highest BCUT2D eigenvalue weighted by Gasteiger charge is 2.20. The van der Waals surface area contributed by atoms with Crippen LogP contribution in [0, 0.1) is 11.6 Å². The van der Waals surface area contributed by atoms with Crippen LogP contribution in [0.15, 0.2) is 18.2 Å². The summed E-state index contributed by atoms with van der Waals surface area (Å²) in [5, 5.41) is 3.22. The van der Waals surface area contributed by atoms with Crippen molar-refractivity contribution in [2.45, 2.75) is 31.7 Å². The predicted molar refractivity (Wildman–Crippen MR) is 60.9 cm³/mol. The maximum absolute atomic E-state index is 13.4. The lowest BCUT2D eigenvalue weighted by Crippen LogP contribution is -2.35. The predicted octanol–water partition coefficient (Wildman–Crippen LogP) is 2.68. The number of nitrogens with one attached hydrogen (secondary N) is 1. The number of halogens is 2. The van der Waals surface area contributed by atoms with E-state index in [1.54, 1.807) is 0 Å². The van der Waals surface area contributed by atoms with E-state index in [1.165, 1.54) is 12.1 Å². The molecule has 1 atom stereocenters. The highest BCUT2D eigenvalue weighted by atomic mass is 19.2. The minimum Gasteiger partial charge on any atom is -0.314 e. The minimum absolute atomic E-state index is 0.0962. The van der Waals surface area contributed by atoms with Gasteiger partial charge in [0.05, 0.1) is 5.56 Å². The quantitative estimate of drug-likeness (QED) is 0.822. The smallest absolute Gasteiger partial charge is 0.169 e. The second-order valence-corrected chi connectivity index (χ2v) is 4.38. The summed E-state index contributed by atoms with van der Waals surface area (Å²) in [7, 11) is 0. The van der Waals surface area contributed by atoms with Crippen molar-refractivity contribution in [3.63, 3.8) is 0 Å². The molecule has 0 radical (unpaired) electrons. The summed E-state index contributed by atoms with van der Waals surface area (Å²) in [5.41, 5.74) is -0.141. The fourth-order valence-electron chi connectivity index (χ4n) is 2.15. The topological polar surface area (TPSA) is 29.1 Å². The summed E-state index contributed by atoms with van der Waals surface area (Å²) in [6.45, 7) is 0.892. The van der Waals surface area contributed by atoms with E-state index in [4.69, 9.17) is 0 Å². The molecule has 0 aromatic heterocycles. The van der Waals surface area contributed by atoms with Crippen LogP contribution in [0.1, 0.15) is 36.0 Å². The Kier molecular flexibility index (Phi) is 3.84. The molecule has 1 aliphatic rings. The van der Waals surface area contributed by atoms with Crippen LogP contribution in [0.5, 0.6) is 0 Å². The maximum Gasteiger partial charge on any atom is 0.169 e. The fraction of sp³-hybridized carbons (Fsp3) is 0.462. The number of carbonyl (C=O) groups excluding carboxylic acids is 1. The van der Waals surface area contributed by atoms with E-state index in [2.05, 4.69) is 5.32 Å². The molecule has 1 N–H and O–H groups in total. The number of hydrogen-bond acceptors (Lipinski definition) is 2. The lowest BCUT2D eigenvalue weighted by molar-refractivity contribution is 0.0958. The number of rotatable bonds is 3. The molecular weight excluding hydrogens is 224 g/mol. The molecule has 0 saturated carbocycles. The van der Waals surface area contributed by atoms with Gasteiger partial charge in [-0.15, -0.1) is 0 Å². The molecule has 4 heteroatoms. The van der Waals surface area contributed by atoms with Gasteiger partial charge in [0.15, 0.2) is 17.4 Å². The third kappa shape index (κ3) is 2.88. The Bertz CT molecular complexity index is 414. The van der Waals surface area contributed by atoms with E-state index in [0.29, 0.717) is 0 Å². The number of carbonyl (C=O) groups is 1. The molecule has 1 aromatic rings. The summed E-state index contributed by atoms with van der Waals surface area (Å²) in [4.78, 5) is 11.8. The van der Waals surface area contributed by atoms with Crippen molar-refractivity contribution in [2.24, 2.45) is 0 Å². The van der Waals surface area contributed by atoms with Crippen molar-refractivity contribution in [1.29, 1.82) is 0 Å². The first-order chi connectivity index (χ1) is 8.18. The van der Waals surface area contributed by atoms with Crippen molar-refractivity contribution in [3.8, 4) is 0 Å². The molecule has 1 aromatic carbocycles. The van der Waals surface area contributed by atoms with Gasteiger partial charge >= 0.3 is 0 Å². The van der Waals surface area contributed by atoms with E-state index in [-0.39, 0.29) is 23.8 Å². The molecule has 92 valence electrons. The average Bonchev–Trinajstić information content (AvgIpc) is 2.34. The van der Waals surface area contributed by atoms with Crippen LogP contribution >= 0.6 is 0 Å². The molecule has 1 heterocycles. The Hall–Kier alpha value is -1.29. The number of benzene rings is 1. The third-order valence-electron chi connectivity index (χ3n) is 3.10. The summed E-state index contributed by atoms with van der Waals surface area (Å²) in [6.07, 6.45) is 3.35. The zero-order valence-corrected chi connectivity index (χ0v) is 9.51. The van der Waals surface area contributed by atoms with Gasteiger partial charge in [-0.2, -0.15) is 0 Å². The average molecular weight is 239 g/mol. The van der Waals surface area contributed by atoms with Crippen molar-refractivity contribution < 1.29 is 13.6 Å². The summed E-state index contributed by atoms with van der Waals surface area (Å²) in [5.74, 6) is -2.33. The van der Waals surface area contributed by atoms with Gasteiger partial charge in [-0.1, -0.05) is 12.5 Å². The van der Waals surface area contributed by atoms with Gasteiger partial charge in [-0.3, -0.25) is 4.79 Å². The van der Waals surface area contributed by atoms with Gasteiger partial charge in [0.25, 0.3) is 0 Å². The lowest BCUT2D eigenvalue weighted by atomic mass is 9.97. The molecular formula is C13H15F2NO. The highest BCUT2D eigenvalue weighted by molar-refractivity contribution is 5.96. The molecule has 1 saturated heterocycles. The fourth-order valence-corrected chi connectivity index (χ4v) is 2.15. The minimum atomic E-state index is -1.03. The van der Waals surface area contributed by atoms with E-state index >= 15 is 0 Å². The van der Waals surface area contributed by atoms with E-state index < -0.39 is 11.6 Å². The third-order valence-corrected chi connectivity index (χ3v) is 3.10. The molecule has 2 nitrogen and oxygen atoms in total. The van der Waals surface area contributed by atoms with E-state index in [9.17, 15) is 13.6 Å². The van der Waals surface area contributed by atoms with Crippen molar-refractivity contribution in [2.75, 3.05) is 6.54 Å². The zero-order chi connectivity index (χ0) is 12.3. The first-order valence-corrected chi connectivity index (χ1v) is 5.89. The second-order valence-electron chi connectivity index (χ2n) is 4.38. The standard InChI is InChI=1S/C13H15F2NO/c14-11-6-3-5-10(13(11)15)12(17)8-9-4-1-2-7-16-9/h3,5-6,9,16H,1-2,4,7-8H2. The van der Waals surface area contributed by atoms with Crippen LogP contribution in [0.3, 0.4) is 0 Å². The monoisotopic (exact) mass is 239 g/mol. The van der Waals surface area contributed by atoms with Crippen LogP contribution in [-0.4, -0.2) is 18.4 Å². The molecule has 1 unspecified atom stereocenters. The van der Waals surface area contributed by atoms with Crippen LogP contribution in [0.4, 0.5) is 8.78 Å². The van der Waals surface area contributed by atoms with E-state index in [1.807, 2.05) is 0 Å². The molecule has 0 bridgehead atoms. The Labute approximate surface area is 99.0 Å². The number of ketones is 1. The first-order valence-electron chi connectivity index (χ1n) is 5.89. The molecule has 0 aliphatic carbocycles. The largest absolute Gasteiger partial charge is 0.314 e. The molecule has 0 spiro atoms. The first kappa shape index (κ1) is 12.2. The Morgan fingerprint density at radius 2 is 2.18 bits per heavy atom. The number of Topliss-reactive ketones (excluding diaryl/α,β-unsaturated/α-hetero) is 1. The van der Waals surface area contributed by atoms with Gasteiger partial charge < -0.3 is 5.32 Å². The molecule has 17 heavy (non-hydrogen) atoms. The molecule has 1 fully saturated rings. The van der Waals surface area contributed by atoms with Crippen LogP contribution in [0.25, 0.3) is 0 Å². The molecule has 2 rings (SSSR count). The van der Waals surface area contributed by atoms with Crippen molar-refractivity contribution in [3.05, 3.63) is 35.4 Å². The maximum atomic E-state index is 13.4. The zero-order valence-electron chi connectivity index (χ0n) is 9.51. The van der Waals surface area contributed by atoms with E-state index in [0.717, 1.165) is 31.9 Å². The normalized spacial score (nSPS) is 20.2. The Morgan fingerprint density at radius 1 is 1.35 bits per heavy atom. The van der Waals surface area contributed by atoms with Gasteiger partial charge in [0, 0.05) is 12.5 Å². The highest BCUT2D eigenvalue weighted by Crippen LogP contribution is 2.17. The summed E-state index contributed by atoms with van der Waals surface area (Å²) >= 11 is 0. The second kappa shape index (κ2) is 5.36.